The normalized spacial score (nSPS) is 15.5. The molecule has 0 amide bonds. The number of carboxylic acids is 1. The Labute approximate surface area is 173 Å². The van der Waals surface area contributed by atoms with Crippen LogP contribution in [0.3, 0.4) is 0 Å². The second kappa shape index (κ2) is 8.82. The smallest absolute Gasteiger partial charge is 0.212 e. The van der Waals surface area contributed by atoms with E-state index in [0.29, 0.717) is 5.16 Å². The molecule has 0 saturated heterocycles. The number of carboxylic acid groups (broad SMARTS) is 1. The maximum Gasteiger partial charge on any atom is 0.212 e. The van der Waals surface area contributed by atoms with Crippen LogP contribution in [-0.2, 0) is 11.2 Å². The molecule has 0 atom stereocenters. The van der Waals surface area contributed by atoms with Crippen molar-refractivity contribution in [3.8, 4) is 0 Å². The van der Waals surface area contributed by atoms with Gasteiger partial charge in [-0.2, -0.15) is 9.78 Å². The molecule has 152 valence electrons. The summed E-state index contributed by atoms with van der Waals surface area (Å²) in [7, 11) is 0. The highest BCUT2D eigenvalue weighted by atomic mass is 32.2. The van der Waals surface area contributed by atoms with E-state index < -0.39 is 5.97 Å². The fourth-order valence-electron chi connectivity index (χ4n) is 3.85. The molecular formula is C21H23N4O3S-. The molecule has 4 rings (SSSR count). The van der Waals surface area contributed by atoms with Gasteiger partial charge in [0.05, 0.1) is 12.2 Å². The molecule has 29 heavy (non-hydrogen) atoms. The molecule has 1 saturated carbocycles. The summed E-state index contributed by atoms with van der Waals surface area (Å²) in [4.78, 5) is 10.9. The minimum Gasteiger partial charge on any atom is -0.549 e. The summed E-state index contributed by atoms with van der Waals surface area (Å²) in [5, 5.41) is 25.7. The van der Waals surface area contributed by atoms with Gasteiger partial charge in [0.2, 0.25) is 5.16 Å². The summed E-state index contributed by atoms with van der Waals surface area (Å²) in [5.74, 6) is 0.630. The predicted octanol–water partition coefficient (Wildman–Crippen LogP) is 3.36. The second-order valence-corrected chi connectivity index (χ2v) is 8.12. The number of aromatic nitrogens is 3. The standard InChI is InChI=1S/C21H24N4O3S/c1-2-17-16(15-10-6-7-11-18(15)28-17)12-22-25-20(14-8-4-3-5-9-14)23-24-21(25)29-13-19(26)27/h6-7,10-12,14H,2-5,8-9,13H2,1H3,(H,26,27)/p-1. The zero-order valence-corrected chi connectivity index (χ0v) is 17.2. The molecule has 1 aromatic carbocycles. The van der Waals surface area contributed by atoms with Crippen LogP contribution in [0.15, 0.2) is 38.9 Å². The summed E-state index contributed by atoms with van der Waals surface area (Å²) in [6.45, 7) is 2.04. The number of furan rings is 1. The summed E-state index contributed by atoms with van der Waals surface area (Å²) in [6.07, 6.45) is 8.19. The van der Waals surface area contributed by atoms with Gasteiger partial charge in [-0.05, 0) is 18.9 Å². The summed E-state index contributed by atoms with van der Waals surface area (Å²) >= 11 is 1.08. The van der Waals surface area contributed by atoms with E-state index in [2.05, 4.69) is 10.2 Å². The number of aliphatic carboxylic acids is 1. The largest absolute Gasteiger partial charge is 0.549 e. The monoisotopic (exact) mass is 411 g/mol. The first-order chi connectivity index (χ1) is 14.2. The molecule has 0 unspecified atom stereocenters. The Morgan fingerprint density at radius 2 is 2.10 bits per heavy atom. The third-order valence-electron chi connectivity index (χ3n) is 5.26. The van der Waals surface area contributed by atoms with Crippen LogP contribution in [0.5, 0.6) is 0 Å². The number of thioether (sulfide) groups is 1. The molecule has 0 bridgehead atoms. The van der Waals surface area contributed by atoms with E-state index in [4.69, 9.17) is 9.52 Å². The van der Waals surface area contributed by atoms with Crippen molar-refractivity contribution in [1.29, 1.82) is 0 Å². The molecule has 3 aromatic rings. The van der Waals surface area contributed by atoms with E-state index in [-0.39, 0.29) is 11.7 Å². The predicted molar refractivity (Wildman–Crippen MR) is 110 cm³/mol. The molecule has 0 aliphatic heterocycles. The number of hydrogen-bond donors (Lipinski definition) is 0. The van der Waals surface area contributed by atoms with Crippen molar-refractivity contribution in [2.24, 2.45) is 5.10 Å². The first-order valence-corrected chi connectivity index (χ1v) is 11.0. The molecule has 2 aromatic heterocycles. The highest BCUT2D eigenvalue weighted by molar-refractivity contribution is 7.99. The fourth-order valence-corrected chi connectivity index (χ4v) is 4.46. The summed E-state index contributed by atoms with van der Waals surface area (Å²) < 4.78 is 7.65. The summed E-state index contributed by atoms with van der Waals surface area (Å²) in [5.41, 5.74) is 1.76. The molecular weight excluding hydrogens is 388 g/mol. The molecule has 8 heteroatoms. The average molecular weight is 412 g/mol. The number of aryl methyl sites for hydroxylation is 1. The highest BCUT2D eigenvalue weighted by Gasteiger charge is 2.23. The Morgan fingerprint density at radius 3 is 2.86 bits per heavy atom. The Morgan fingerprint density at radius 1 is 1.31 bits per heavy atom. The number of carbonyl (C=O) groups is 1. The fraction of sp³-hybridized carbons (Fsp3) is 0.429. The third-order valence-corrected chi connectivity index (χ3v) is 6.15. The van der Waals surface area contributed by atoms with Crippen molar-refractivity contribution in [1.82, 2.24) is 14.9 Å². The van der Waals surface area contributed by atoms with Gasteiger partial charge in [-0.1, -0.05) is 56.1 Å². The van der Waals surface area contributed by atoms with Crippen molar-refractivity contribution in [2.45, 2.75) is 56.5 Å². The number of para-hydroxylation sites is 1. The number of carbonyl (C=O) groups excluding carboxylic acids is 1. The van der Waals surface area contributed by atoms with Gasteiger partial charge >= 0.3 is 0 Å². The van der Waals surface area contributed by atoms with Gasteiger partial charge in [0, 0.05) is 29.0 Å². The zero-order valence-electron chi connectivity index (χ0n) is 16.3. The van der Waals surface area contributed by atoms with E-state index >= 15 is 0 Å². The zero-order chi connectivity index (χ0) is 20.2. The molecule has 2 heterocycles. The van der Waals surface area contributed by atoms with Gasteiger partial charge in [-0.3, -0.25) is 0 Å². The lowest BCUT2D eigenvalue weighted by Crippen LogP contribution is -2.24. The molecule has 7 nitrogen and oxygen atoms in total. The Bertz CT molecular complexity index is 1030. The van der Waals surface area contributed by atoms with Crippen LogP contribution in [0.2, 0.25) is 0 Å². The highest BCUT2D eigenvalue weighted by Crippen LogP contribution is 2.33. The third kappa shape index (κ3) is 4.22. The van der Waals surface area contributed by atoms with Gasteiger partial charge in [-0.25, -0.2) is 0 Å². The Kier molecular flexibility index (Phi) is 5.99. The minimum atomic E-state index is -1.14. The summed E-state index contributed by atoms with van der Waals surface area (Å²) in [6, 6.07) is 7.88. The lowest BCUT2D eigenvalue weighted by Gasteiger charge is -2.20. The molecule has 1 fully saturated rings. The minimum absolute atomic E-state index is 0.187. The molecule has 0 spiro atoms. The first-order valence-electron chi connectivity index (χ1n) is 10.00. The SMILES string of the molecule is CCc1oc2ccccc2c1C=Nn1c(SCC(=O)[O-])nnc1C1CCCCC1. The van der Waals surface area contributed by atoms with Crippen molar-refractivity contribution in [3.05, 3.63) is 41.4 Å². The van der Waals surface area contributed by atoms with Crippen LogP contribution < -0.4 is 5.11 Å². The van der Waals surface area contributed by atoms with E-state index in [9.17, 15) is 9.90 Å². The molecule has 0 radical (unpaired) electrons. The average Bonchev–Trinajstić information content (AvgIpc) is 3.32. The lowest BCUT2D eigenvalue weighted by molar-refractivity contribution is -0.301. The van der Waals surface area contributed by atoms with E-state index in [1.54, 1.807) is 10.9 Å². The first kappa shape index (κ1) is 19.7. The topological polar surface area (TPSA) is 96.3 Å². The lowest BCUT2D eigenvalue weighted by atomic mass is 9.89. The van der Waals surface area contributed by atoms with E-state index in [1.165, 1.54) is 6.42 Å². The molecule has 1 aliphatic rings. The van der Waals surface area contributed by atoms with Crippen molar-refractivity contribution in [2.75, 3.05) is 5.75 Å². The van der Waals surface area contributed by atoms with Crippen LogP contribution in [0.4, 0.5) is 0 Å². The maximum atomic E-state index is 10.9. The van der Waals surface area contributed by atoms with Gasteiger partial charge in [0.1, 0.15) is 11.3 Å². The van der Waals surface area contributed by atoms with E-state index in [0.717, 1.165) is 72.0 Å². The van der Waals surface area contributed by atoms with Crippen LogP contribution >= 0.6 is 11.8 Å². The van der Waals surface area contributed by atoms with Crippen molar-refractivity contribution in [3.63, 3.8) is 0 Å². The number of fused-ring (bicyclic) bond motifs is 1. The van der Waals surface area contributed by atoms with Gasteiger partial charge in [-0.15, -0.1) is 10.2 Å². The van der Waals surface area contributed by atoms with Gasteiger partial charge in [0.15, 0.2) is 5.82 Å². The maximum absolute atomic E-state index is 10.9. The Hall–Kier alpha value is -2.61. The van der Waals surface area contributed by atoms with Crippen molar-refractivity contribution >= 4 is 34.9 Å². The number of nitrogens with zero attached hydrogens (tertiary/aromatic N) is 4. The van der Waals surface area contributed by atoms with Crippen LogP contribution in [0.1, 0.15) is 62.1 Å². The number of rotatable bonds is 7. The Balaban J connectivity index is 1.73. The van der Waals surface area contributed by atoms with Crippen molar-refractivity contribution < 1.29 is 14.3 Å². The molecule has 0 N–H and O–H groups in total. The number of benzene rings is 1. The quantitative estimate of drug-likeness (QED) is 0.437. The molecule has 1 aliphatic carbocycles. The van der Waals surface area contributed by atoms with Crippen LogP contribution in [0, 0.1) is 0 Å². The number of hydrogen-bond acceptors (Lipinski definition) is 7. The van der Waals surface area contributed by atoms with Crippen LogP contribution in [0.25, 0.3) is 11.0 Å². The van der Waals surface area contributed by atoms with E-state index in [1.807, 2.05) is 31.2 Å². The van der Waals surface area contributed by atoms with Gasteiger partial charge < -0.3 is 14.3 Å². The second-order valence-electron chi connectivity index (χ2n) is 7.18. The van der Waals surface area contributed by atoms with Gasteiger partial charge in [0.25, 0.3) is 0 Å². The van der Waals surface area contributed by atoms with Crippen LogP contribution in [-0.4, -0.2) is 32.8 Å².